The Bertz CT molecular complexity index is 309. The molecule has 0 aromatic heterocycles. The molecule has 1 aliphatic rings. The van der Waals surface area contributed by atoms with Crippen molar-refractivity contribution >= 4 is 12.0 Å². The largest absolute Gasteiger partial charge is 0.480 e. The van der Waals surface area contributed by atoms with Crippen molar-refractivity contribution in [2.45, 2.75) is 38.8 Å². The van der Waals surface area contributed by atoms with Gasteiger partial charge in [-0.1, -0.05) is 13.8 Å². The van der Waals surface area contributed by atoms with Crippen LogP contribution in [0.25, 0.3) is 0 Å². The average Bonchev–Trinajstić information content (AvgIpc) is 2.29. The minimum Gasteiger partial charge on any atom is -0.480 e. The smallest absolute Gasteiger partial charge is 0.326 e. The lowest BCUT2D eigenvalue weighted by Gasteiger charge is -2.35. The van der Waals surface area contributed by atoms with Gasteiger partial charge in [0.15, 0.2) is 0 Å². The summed E-state index contributed by atoms with van der Waals surface area (Å²) in [5, 5.41) is 14.2. The maximum Gasteiger partial charge on any atom is 0.326 e. The van der Waals surface area contributed by atoms with Crippen LogP contribution in [0.15, 0.2) is 0 Å². The minimum absolute atomic E-state index is 0.118. The molecule has 1 rings (SSSR count). The van der Waals surface area contributed by atoms with Crippen LogP contribution in [-0.2, 0) is 4.79 Å². The molecule has 6 nitrogen and oxygen atoms in total. The first-order valence-electron chi connectivity index (χ1n) is 6.42. The van der Waals surface area contributed by atoms with Gasteiger partial charge in [0.25, 0.3) is 0 Å². The van der Waals surface area contributed by atoms with E-state index in [2.05, 4.69) is 29.5 Å². The molecule has 0 spiro atoms. The Morgan fingerprint density at radius 2 is 2.17 bits per heavy atom. The van der Waals surface area contributed by atoms with Gasteiger partial charge in [-0.05, 0) is 32.4 Å². The third-order valence-corrected chi connectivity index (χ3v) is 3.44. The van der Waals surface area contributed by atoms with Crippen molar-refractivity contribution in [1.29, 1.82) is 0 Å². The first-order chi connectivity index (χ1) is 8.43. The second-order valence-corrected chi connectivity index (χ2v) is 5.05. The van der Waals surface area contributed by atoms with E-state index in [1.54, 1.807) is 6.92 Å². The van der Waals surface area contributed by atoms with E-state index in [0.717, 1.165) is 19.5 Å². The highest BCUT2D eigenvalue weighted by molar-refractivity contribution is 5.82. The van der Waals surface area contributed by atoms with Gasteiger partial charge in [-0.3, -0.25) is 0 Å². The number of hydrogen-bond donors (Lipinski definition) is 3. The fourth-order valence-electron chi connectivity index (χ4n) is 2.28. The predicted octanol–water partition coefficient (Wildman–Crippen LogP) is 0.489. The van der Waals surface area contributed by atoms with Crippen LogP contribution in [0.2, 0.25) is 0 Å². The molecule has 2 amide bonds. The minimum atomic E-state index is -0.996. The second kappa shape index (κ2) is 6.58. The number of hydrogen-bond acceptors (Lipinski definition) is 3. The number of carboxylic acids is 1. The quantitative estimate of drug-likeness (QED) is 0.684. The van der Waals surface area contributed by atoms with Gasteiger partial charge < -0.3 is 20.6 Å². The Kier molecular flexibility index (Phi) is 5.40. The lowest BCUT2D eigenvalue weighted by atomic mass is 9.94. The molecule has 0 aliphatic carbocycles. The summed E-state index contributed by atoms with van der Waals surface area (Å²) < 4.78 is 0. The van der Waals surface area contributed by atoms with Gasteiger partial charge in [-0.25, -0.2) is 9.59 Å². The zero-order valence-electron chi connectivity index (χ0n) is 11.3. The molecular formula is C12H23N3O3. The highest BCUT2D eigenvalue weighted by Gasteiger charge is 2.26. The third kappa shape index (κ3) is 4.18. The molecule has 0 saturated carbocycles. The molecule has 0 bridgehead atoms. The molecule has 0 aromatic carbocycles. The van der Waals surface area contributed by atoms with Gasteiger partial charge in [-0.2, -0.15) is 0 Å². The summed E-state index contributed by atoms with van der Waals surface area (Å²) in [4.78, 5) is 24.8. The Balaban J connectivity index is 2.42. The summed E-state index contributed by atoms with van der Waals surface area (Å²) in [5.74, 6) is -0.622. The van der Waals surface area contributed by atoms with Crippen molar-refractivity contribution in [2.24, 2.45) is 5.92 Å². The number of carbonyl (C=O) groups is 2. The molecule has 1 aliphatic heterocycles. The van der Waals surface area contributed by atoms with Crippen LogP contribution in [-0.4, -0.2) is 54.2 Å². The van der Waals surface area contributed by atoms with Gasteiger partial charge >= 0.3 is 12.0 Å². The number of nitrogens with zero attached hydrogens (tertiary/aromatic N) is 1. The fraction of sp³-hybridized carbons (Fsp3) is 0.833. The van der Waals surface area contributed by atoms with E-state index in [-0.39, 0.29) is 12.1 Å². The van der Waals surface area contributed by atoms with Crippen LogP contribution in [0.4, 0.5) is 4.79 Å². The molecule has 2 unspecified atom stereocenters. The number of nitrogens with one attached hydrogen (secondary N) is 2. The van der Waals surface area contributed by atoms with Crippen molar-refractivity contribution in [1.82, 2.24) is 15.5 Å². The standard InChI is InChI=1S/C12H23N3O3/c1-4-9(11(16)17)13-12(18)14-10-5-6-15(3)7-8(10)2/h8-10H,4-7H2,1-3H3,(H,16,17)(H2,13,14,18)/t8?,9-,10?/m0/s1. The van der Waals surface area contributed by atoms with Crippen LogP contribution < -0.4 is 10.6 Å². The normalized spacial score (nSPS) is 26.4. The van der Waals surface area contributed by atoms with Gasteiger partial charge in [0.2, 0.25) is 0 Å². The first kappa shape index (κ1) is 14.8. The Labute approximate surface area is 108 Å². The van der Waals surface area contributed by atoms with Gasteiger partial charge in [-0.15, -0.1) is 0 Å². The SMILES string of the molecule is CC[C@H](NC(=O)NC1CCN(C)CC1C)C(=O)O. The van der Waals surface area contributed by atoms with E-state index >= 15 is 0 Å². The van der Waals surface area contributed by atoms with Crippen molar-refractivity contribution < 1.29 is 14.7 Å². The van der Waals surface area contributed by atoms with E-state index < -0.39 is 12.0 Å². The molecule has 6 heteroatoms. The summed E-state index contributed by atoms with van der Waals surface area (Å²) in [5.41, 5.74) is 0. The monoisotopic (exact) mass is 257 g/mol. The maximum absolute atomic E-state index is 11.7. The lowest BCUT2D eigenvalue weighted by molar-refractivity contribution is -0.139. The number of aliphatic carboxylic acids is 1. The van der Waals surface area contributed by atoms with E-state index in [4.69, 9.17) is 5.11 Å². The highest BCUT2D eigenvalue weighted by atomic mass is 16.4. The van der Waals surface area contributed by atoms with E-state index in [1.165, 1.54) is 0 Å². The number of piperidine rings is 1. The predicted molar refractivity (Wildman–Crippen MR) is 68.4 cm³/mol. The Hall–Kier alpha value is -1.30. The van der Waals surface area contributed by atoms with Crippen LogP contribution in [0, 0.1) is 5.92 Å². The molecule has 1 heterocycles. The summed E-state index contributed by atoms with van der Waals surface area (Å²) in [7, 11) is 2.06. The van der Waals surface area contributed by atoms with E-state index in [9.17, 15) is 9.59 Å². The average molecular weight is 257 g/mol. The second-order valence-electron chi connectivity index (χ2n) is 5.05. The molecule has 3 N–H and O–H groups in total. The molecule has 3 atom stereocenters. The first-order valence-corrected chi connectivity index (χ1v) is 6.42. The molecule has 1 saturated heterocycles. The third-order valence-electron chi connectivity index (χ3n) is 3.44. The van der Waals surface area contributed by atoms with Crippen molar-refractivity contribution in [3.8, 4) is 0 Å². The molecule has 18 heavy (non-hydrogen) atoms. The number of likely N-dealkylation sites (tertiary alicyclic amines) is 1. The zero-order chi connectivity index (χ0) is 13.7. The van der Waals surface area contributed by atoms with E-state index in [0.29, 0.717) is 12.3 Å². The molecule has 0 radical (unpaired) electrons. The lowest BCUT2D eigenvalue weighted by Crippen LogP contribution is -2.54. The van der Waals surface area contributed by atoms with Crippen LogP contribution >= 0.6 is 0 Å². The summed E-state index contributed by atoms with van der Waals surface area (Å²) in [6, 6.07) is -1.08. The van der Waals surface area contributed by atoms with Crippen LogP contribution in [0.3, 0.4) is 0 Å². The summed E-state index contributed by atoms with van der Waals surface area (Å²) in [6.45, 7) is 5.72. The summed E-state index contributed by atoms with van der Waals surface area (Å²) in [6.07, 6.45) is 1.28. The molecule has 1 fully saturated rings. The van der Waals surface area contributed by atoms with E-state index in [1.807, 2.05) is 0 Å². The highest BCUT2D eigenvalue weighted by Crippen LogP contribution is 2.15. The molecule has 104 valence electrons. The number of carbonyl (C=O) groups excluding carboxylic acids is 1. The summed E-state index contributed by atoms with van der Waals surface area (Å²) >= 11 is 0. The Morgan fingerprint density at radius 1 is 1.50 bits per heavy atom. The van der Waals surface area contributed by atoms with Crippen LogP contribution in [0.1, 0.15) is 26.7 Å². The van der Waals surface area contributed by atoms with Gasteiger partial charge in [0, 0.05) is 12.6 Å². The number of rotatable bonds is 4. The number of carboxylic acid groups (broad SMARTS) is 1. The van der Waals surface area contributed by atoms with Gasteiger partial charge in [0.05, 0.1) is 0 Å². The van der Waals surface area contributed by atoms with Crippen LogP contribution in [0.5, 0.6) is 0 Å². The maximum atomic E-state index is 11.7. The Morgan fingerprint density at radius 3 is 2.67 bits per heavy atom. The number of amides is 2. The van der Waals surface area contributed by atoms with Crippen molar-refractivity contribution in [2.75, 3.05) is 20.1 Å². The topological polar surface area (TPSA) is 81.7 Å². The molecular weight excluding hydrogens is 234 g/mol. The van der Waals surface area contributed by atoms with Crippen molar-refractivity contribution in [3.05, 3.63) is 0 Å². The van der Waals surface area contributed by atoms with Crippen molar-refractivity contribution in [3.63, 3.8) is 0 Å². The fourth-order valence-corrected chi connectivity index (χ4v) is 2.28. The van der Waals surface area contributed by atoms with Gasteiger partial charge in [0.1, 0.15) is 6.04 Å². The molecule has 0 aromatic rings. The zero-order valence-corrected chi connectivity index (χ0v) is 11.3. The number of urea groups is 1.